The molecule has 0 aliphatic heterocycles. The van der Waals surface area contributed by atoms with Crippen molar-refractivity contribution in [1.82, 2.24) is 4.98 Å². The van der Waals surface area contributed by atoms with E-state index in [4.69, 9.17) is 4.42 Å². The molecule has 0 atom stereocenters. The van der Waals surface area contributed by atoms with Gasteiger partial charge in [0.15, 0.2) is 0 Å². The van der Waals surface area contributed by atoms with Gasteiger partial charge in [0, 0.05) is 5.39 Å². The Morgan fingerprint density at radius 1 is 1.19 bits per heavy atom. The summed E-state index contributed by atoms with van der Waals surface area (Å²) < 4.78 is 5.54. The number of hydrogen-bond acceptors (Lipinski definition) is 3. The number of fused-ring (bicyclic) bond motifs is 1. The average Bonchev–Trinajstić information content (AvgIpc) is 2.91. The predicted octanol–water partition coefficient (Wildman–Crippen LogP) is 4.48. The average molecular weight is 278 g/mol. The Bertz CT molecular complexity index is 774. The zero-order valence-corrected chi connectivity index (χ0v) is 12.1. The first kappa shape index (κ1) is 13.4. The van der Waals surface area contributed by atoms with Gasteiger partial charge in [-0.2, -0.15) is 0 Å². The molecule has 2 heterocycles. The lowest BCUT2D eigenvalue weighted by molar-refractivity contribution is 0.490. The highest BCUT2D eigenvalue weighted by atomic mass is 16.3. The quantitative estimate of drug-likeness (QED) is 0.699. The highest BCUT2D eigenvalue weighted by molar-refractivity contribution is 5.83. The normalized spacial score (nSPS) is 10.7. The molecule has 1 aromatic carbocycles. The zero-order chi connectivity index (χ0) is 14.7. The molecule has 3 nitrogen and oxygen atoms in total. The Kier molecular flexibility index (Phi) is 3.73. The first-order chi connectivity index (χ1) is 10.3. The van der Waals surface area contributed by atoms with E-state index in [-0.39, 0.29) is 0 Å². The largest absolute Gasteiger partial charge is 0.465 e. The van der Waals surface area contributed by atoms with E-state index >= 15 is 0 Å². The summed E-state index contributed by atoms with van der Waals surface area (Å²) in [6.07, 6.45) is 2.78. The van der Waals surface area contributed by atoms with Crippen LogP contribution < -0.4 is 5.32 Å². The molecular weight excluding hydrogens is 260 g/mol. The summed E-state index contributed by atoms with van der Waals surface area (Å²) in [5.41, 5.74) is 2.25. The van der Waals surface area contributed by atoms with Crippen LogP contribution in [0, 0.1) is 6.92 Å². The molecule has 0 spiro atoms. The van der Waals surface area contributed by atoms with Gasteiger partial charge in [0.25, 0.3) is 0 Å². The van der Waals surface area contributed by atoms with Gasteiger partial charge < -0.3 is 9.73 Å². The molecule has 0 aliphatic rings. The molecule has 21 heavy (non-hydrogen) atoms. The maximum Gasteiger partial charge on any atom is 0.127 e. The number of furan rings is 1. The molecule has 0 fully saturated rings. The summed E-state index contributed by atoms with van der Waals surface area (Å²) in [5.74, 6) is 2.69. The van der Waals surface area contributed by atoms with Gasteiger partial charge in [0.2, 0.25) is 0 Å². The van der Waals surface area contributed by atoms with Crippen LogP contribution in [-0.4, -0.2) is 4.98 Å². The topological polar surface area (TPSA) is 38.1 Å². The number of pyridine rings is 1. The van der Waals surface area contributed by atoms with Gasteiger partial charge in [0.1, 0.15) is 17.3 Å². The fourth-order valence-corrected chi connectivity index (χ4v) is 2.41. The van der Waals surface area contributed by atoms with Crippen LogP contribution >= 0.6 is 0 Å². The molecule has 1 N–H and O–H groups in total. The Morgan fingerprint density at radius 3 is 2.86 bits per heavy atom. The first-order valence-electron chi connectivity index (χ1n) is 7.05. The van der Waals surface area contributed by atoms with Gasteiger partial charge in [-0.1, -0.05) is 18.2 Å². The molecule has 2 aromatic heterocycles. The summed E-state index contributed by atoms with van der Waals surface area (Å²) in [7, 11) is 0. The predicted molar refractivity (Wildman–Crippen MR) is 86.4 cm³/mol. The van der Waals surface area contributed by atoms with Crippen LogP contribution in [0.1, 0.15) is 17.1 Å². The van der Waals surface area contributed by atoms with Crippen molar-refractivity contribution in [2.24, 2.45) is 0 Å². The molecule has 0 bridgehead atoms. The third-order valence-corrected chi connectivity index (χ3v) is 3.43. The number of aromatic nitrogens is 1. The maximum atomic E-state index is 5.54. The first-order valence-corrected chi connectivity index (χ1v) is 7.05. The smallest absolute Gasteiger partial charge is 0.127 e. The molecule has 0 amide bonds. The molecule has 0 aliphatic carbocycles. The van der Waals surface area contributed by atoms with Crippen molar-refractivity contribution in [2.75, 3.05) is 5.32 Å². The Balaban J connectivity index is 1.82. The highest BCUT2D eigenvalue weighted by Crippen LogP contribution is 2.20. The van der Waals surface area contributed by atoms with E-state index in [1.165, 1.54) is 10.9 Å². The molecule has 0 radical (unpaired) electrons. The van der Waals surface area contributed by atoms with Crippen molar-refractivity contribution in [2.45, 2.75) is 19.9 Å². The van der Waals surface area contributed by atoms with Gasteiger partial charge in [0.05, 0.1) is 12.1 Å². The van der Waals surface area contributed by atoms with Crippen molar-refractivity contribution >= 4 is 16.7 Å². The number of nitrogens with zero attached hydrogens (tertiary/aromatic N) is 1. The van der Waals surface area contributed by atoms with Crippen molar-refractivity contribution in [3.8, 4) is 0 Å². The van der Waals surface area contributed by atoms with Crippen molar-refractivity contribution < 1.29 is 4.42 Å². The van der Waals surface area contributed by atoms with Gasteiger partial charge in [-0.05, 0) is 49.2 Å². The Morgan fingerprint density at radius 2 is 2.10 bits per heavy atom. The van der Waals surface area contributed by atoms with Crippen molar-refractivity contribution in [1.29, 1.82) is 0 Å². The van der Waals surface area contributed by atoms with Gasteiger partial charge in [-0.25, -0.2) is 4.98 Å². The number of benzene rings is 1. The minimum Gasteiger partial charge on any atom is -0.465 e. The third-order valence-electron chi connectivity index (χ3n) is 3.43. The van der Waals surface area contributed by atoms with Crippen molar-refractivity contribution in [3.05, 3.63) is 72.2 Å². The second-order valence-electron chi connectivity index (χ2n) is 5.04. The van der Waals surface area contributed by atoms with Crippen LogP contribution in [0.2, 0.25) is 0 Å². The van der Waals surface area contributed by atoms with Gasteiger partial charge in [-0.15, -0.1) is 6.58 Å². The summed E-state index contributed by atoms with van der Waals surface area (Å²) in [6.45, 7) is 6.38. The van der Waals surface area contributed by atoms with E-state index in [0.717, 1.165) is 29.3 Å². The lowest BCUT2D eigenvalue weighted by Crippen LogP contribution is -2.00. The zero-order valence-electron chi connectivity index (χ0n) is 12.1. The molecule has 0 saturated heterocycles. The molecule has 3 aromatic rings. The lowest BCUT2D eigenvalue weighted by atomic mass is 10.1. The molecule has 0 saturated carbocycles. The lowest BCUT2D eigenvalue weighted by Gasteiger charge is -2.07. The fraction of sp³-hybridized carbons (Fsp3) is 0.167. The second kappa shape index (κ2) is 5.83. The summed E-state index contributed by atoms with van der Waals surface area (Å²) >= 11 is 0. The minimum atomic E-state index is 0.638. The molecular formula is C18H18N2O. The number of nitrogens with one attached hydrogen (secondary N) is 1. The van der Waals surface area contributed by atoms with E-state index in [1.54, 1.807) is 0 Å². The molecule has 0 unspecified atom stereocenters. The molecule has 3 rings (SSSR count). The van der Waals surface area contributed by atoms with Gasteiger partial charge >= 0.3 is 0 Å². The SMILES string of the molecule is C=CCc1cccc2nc(NCc3ccc(C)o3)ccc12. The van der Waals surface area contributed by atoms with Gasteiger partial charge in [-0.3, -0.25) is 0 Å². The van der Waals surface area contributed by atoms with E-state index in [0.29, 0.717) is 6.54 Å². The number of aryl methyl sites for hydroxylation is 1. The van der Waals surface area contributed by atoms with E-state index < -0.39 is 0 Å². The van der Waals surface area contributed by atoms with Crippen LogP contribution in [0.3, 0.4) is 0 Å². The van der Waals surface area contributed by atoms with Crippen LogP contribution in [0.4, 0.5) is 5.82 Å². The van der Waals surface area contributed by atoms with Crippen LogP contribution in [0.5, 0.6) is 0 Å². The van der Waals surface area contributed by atoms with Crippen molar-refractivity contribution in [3.63, 3.8) is 0 Å². The van der Waals surface area contributed by atoms with E-state index in [1.807, 2.05) is 43.3 Å². The standard InChI is InChI=1S/C18H18N2O/c1-3-5-14-6-4-7-17-16(14)10-11-18(20-17)19-12-15-9-8-13(2)21-15/h3-4,6-11H,1,5,12H2,2H3,(H,19,20). The number of allylic oxidation sites excluding steroid dienone is 1. The van der Waals surface area contributed by atoms with E-state index in [9.17, 15) is 0 Å². The number of anilines is 1. The summed E-state index contributed by atoms with van der Waals surface area (Å²) in [4.78, 5) is 4.65. The Hall–Kier alpha value is -2.55. The second-order valence-corrected chi connectivity index (χ2v) is 5.04. The monoisotopic (exact) mass is 278 g/mol. The van der Waals surface area contributed by atoms with Crippen LogP contribution in [0.25, 0.3) is 10.9 Å². The molecule has 3 heteroatoms. The van der Waals surface area contributed by atoms with Crippen LogP contribution in [0.15, 0.2) is 59.5 Å². The molecule has 106 valence electrons. The third kappa shape index (κ3) is 2.97. The maximum absolute atomic E-state index is 5.54. The Labute approximate surface area is 124 Å². The summed E-state index contributed by atoms with van der Waals surface area (Å²) in [6, 6.07) is 14.2. The highest BCUT2D eigenvalue weighted by Gasteiger charge is 2.03. The minimum absolute atomic E-state index is 0.638. The number of hydrogen-bond donors (Lipinski definition) is 1. The van der Waals surface area contributed by atoms with Crippen LogP contribution in [-0.2, 0) is 13.0 Å². The summed E-state index contributed by atoms with van der Waals surface area (Å²) in [5, 5.41) is 4.47. The fourth-order valence-electron chi connectivity index (χ4n) is 2.41. The number of rotatable bonds is 5. The van der Waals surface area contributed by atoms with E-state index in [2.05, 4.69) is 29.0 Å².